The molecule has 0 aromatic carbocycles. The minimum absolute atomic E-state index is 0.220. The molecule has 2 rings (SSSR count). The van der Waals surface area contributed by atoms with Crippen molar-refractivity contribution in [2.75, 3.05) is 0 Å². The van der Waals surface area contributed by atoms with E-state index >= 15 is 0 Å². The van der Waals surface area contributed by atoms with Crippen LogP contribution in [0.3, 0.4) is 0 Å². The second kappa shape index (κ2) is 3.35. The van der Waals surface area contributed by atoms with E-state index in [1.54, 1.807) is 0 Å². The second-order valence-corrected chi connectivity index (χ2v) is 6.89. The Kier molecular flexibility index (Phi) is 2.50. The van der Waals surface area contributed by atoms with Crippen LogP contribution in [-0.4, -0.2) is 24.2 Å². The van der Waals surface area contributed by atoms with Crippen LogP contribution in [0.5, 0.6) is 0 Å². The van der Waals surface area contributed by atoms with Gasteiger partial charge in [-0.1, -0.05) is 19.8 Å². The number of nitrogens with zero attached hydrogens (tertiary/aromatic N) is 1. The largest absolute Gasteiger partial charge is 0.324 e. The summed E-state index contributed by atoms with van der Waals surface area (Å²) in [6.07, 6.45) is 4.13. The third-order valence-electron chi connectivity index (χ3n) is 3.72. The number of carbonyl (C=O) groups excluding carboxylic acids is 1. The summed E-state index contributed by atoms with van der Waals surface area (Å²) < 4.78 is 23.5. The minimum atomic E-state index is -3.90. The van der Waals surface area contributed by atoms with E-state index in [0.717, 1.165) is 30.0 Å². The van der Waals surface area contributed by atoms with Gasteiger partial charge in [0, 0.05) is 10.7 Å². The average molecular weight is 252 g/mol. The molecule has 1 aliphatic heterocycles. The predicted octanol–water partition coefficient (Wildman–Crippen LogP) is 1.65. The predicted molar refractivity (Wildman–Crippen MR) is 56.6 cm³/mol. The Bertz CT molecular complexity index is 394. The summed E-state index contributed by atoms with van der Waals surface area (Å²) in [5, 5.41) is 0. The van der Waals surface area contributed by atoms with Crippen LogP contribution in [0.2, 0.25) is 0 Å². The molecule has 1 saturated carbocycles. The van der Waals surface area contributed by atoms with E-state index in [4.69, 9.17) is 10.7 Å². The van der Waals surface area contributed by atoms with Gasteiger partial charge in [-0.15, -0.1) is 0 Å². The van der Waals surface area contributed by atoms with Crippen LogP contribution in [0.4, 0.5) is 0 Å². The molecule has 1 amide bonds. The molecule has 0 aromatic rings. The molecule has 0 aromatic heterocycles. The third kappa shape index (κ3) is 1.56. The number of hydrogen-bond donors (Lipinski definition) is 0. The molecule has 1 saturated heterocycles. The number of β-lactam (4-membered cyclic amide) rings is 1. The molecule has 2 unspecified atom stereocenters. The Morgan fingerprint density at radius 2 is 2.13 bits per heavy atom. The Morgan fingerprint density at radius 3 is 2.60 bits per heavy atom. The topological polar surface area (TPSA) is 54.5 Å². The first-order valence-corrected chi connectivity index (χ1v) is 7.42. The van der Waals surface area contributed by atoms with Crippen molar-refractivity contribution in [3.63, 3.8) is 0 Å². The van der Waals surface area contributed by atoms with Crippen LogP contribution in [-0.2, 0) is 14.0 Å². The van der Waals surface area contributed by atoms with Crippen molar-refractivity contribution < 1.29 is 13.2 Å². The maximum atomic E-state index is 11.4. The molecule has 1 aliphatic carbocycles. The van der Waals surface area contributed by atoms with E-state index in [-0.39, 0.29) is 11.8 Å². The van der Waals surface area contributed by atoms with E-state index in [0.29, 0.717) is 6.42 Å². The van der Waals surface area contributed by atoms with Crippen molar-refractivity contribution in [2.24, 2.45) is 5.92 Å². The van der Waals surface area contributed by atoms with Gasteiger partial charge < -0.3 is 0 Å². The lowest BCUT2D eigenvalue weighted by molar-refractivity contribution is -0.151. The molecular formula is C9H14ClNO3S. The first kappa shape index (κ1) is 11.2. The van der Waals surface area contributed by atoms with E-state index in [2.05, 4.69) is 0 Å². The van der Waals surface area contributed by atoms with Crippen molar-refractivity contribution in [3.8, 4) is 0 Å². The van der Waals surface area contributed by atoms with Gasteiger partial charge in [-0.3, -0.25) is 4.79 Å². The first-order valence-electron chi connectivity index (χ1n) is 5.16. The zero-order valence-electron chi connectivity index (χ0n) is 8.57. The molecule has 1 heterocycles. The molecule has 86 valence electrons. The number of rotatable bonds is 1. The summed E-state index contributed by atoms with van der Waals surface area (Å²) >= 11 is 0. The van der Waals surface area contributed by atoms with Crippen LogP contribution in [0.15, 0.2) is 0 Å². The highest BCUT2D eigenvalue weighted by Crippen LogP contribution is 2.49. The molecule has 2 aliphatic rings. The Labute approximate surface area is 94.1 Å². The molecule has 4 nitrogen and oxygen atoms in total. The fraction of sp³-hybridized carbons (Fsp3) is 0.889. The van der Waals surface area contributed by atoms with Crippen molar-refractivity contribution in [1.82, 2.24) is 4.31 Å². The van der Waals surface area contributed by atoms with Gasteiger partial charge in [-0.05, 0) is 18.8 Å². The summed E-state index contributed by atoms with van der Waals surface area (Å²) in [5.41, 5.74) is -0.504. The highest BCUT2D eigenvalue weighted by molar-refractivity contribution is 8.12. The zero-order valence-corrected chi connectivity index (χ0v) is 10.1. The number of carbonyl (C=O) groups is 1. The van der Waals surface area contributed by atoms with E-state index < -0.39 is 14.8 Å². The van der Waals surface area contributed by atoms with Gasteiger partial charge in [0.05, 0.1) is 12.0 Å². The van der Waals surface area contributed by atoms with Crippen molar-refractivity contribution in [3.05, 3.63) is 0 Å². The minimum Gasteiger partial charge on any atom is -0.274 e. The highest BCUT2D eigenvalue weighted by atomic mass is 35.7. The van der Waals surface area contributed by atoms with Crippen LogP contribution in [0, 0.1) is 5.92 Å². The summed E-state index contributed by atoms with van der Waals surface area (Å²) in [4.78, 5) is 11.4. The quantitative estimate of drug-likeness (QED) is 0.526. The molecule has 6 heteroatoms. The summed E-state index contributed by atoms with van der Waals surface area (Å²) in [5.74, 6) is -0.142. The monoisotopic (exact) mass is 251 g/mol. The van der Waals surface area contributed by atoms with Crippen LogP contribution in [0.1, 0.15) is 39.0 Å². The molecule has 0 bridgehead atoms. The fourth-order valence-electron chi connectivity index (χ4n) is 2.86. The Morgan fingerprint density at radius 1 is 1.47 bits per heavy atom. The molecule has 1 spiro atoms. The van der Waals surface area contributed by atoms with Crippen LogP contribution in [0.25, 0.3) is 0 Å². The van der Waals surface area contributed by atoms with Gasteiger partial charge in [0.25, 0.3) is 0 Å². The summed E-state index contributed by atoms with van der Waals surface area (Å²) in [6, 6.07) is 0. The normalized spacial score (nSPS) is 36.8. The van der Waals surface area contributed by atoms with E-state index in [1.165, 1.54) is 0 Å². The second-order valence-electron chi connectivity index (χ2n) is 4.53. The van der Waals surface area contributed by atoms with Gasteiger partial charge >= 0.3 is 9.24 Å². The standard InChI is InChI=1S/C9H14ClNO3S/c1-7-4-2-3-5-9(7)6-8(12)11(9)15(10,13)14/h7H,2-6H2,1H3. The maximum absolute atomic E-state index is 11.4. The van der Waals surface area contributed by atoms with Gasteiger partial charge in [0.15, 0.2) is 0 Å². The lowest BCUT2D eigenvalue weighted by atomic mass is 9.67. The SMILES string of the molecule is CC1CCCCC12CC(=O)N2S(=O)(=O)Cl. The summed E-state index contributed by atoms with van der Waals surface area (Å²) in [6.45, 7) is 2.00. The average Bonchev–Trinajstić information content (AvgIpc) is 2.04. The lowest BCUT2D eigenvalue weighted by Gasteiger charge is -2.55. The van der Waals surface area contributed by atoms with Gasteiger partial charge in [0.2, 0.25) is 5.91 Å². The van der Waals surface area contributed by atoms with Crippen molar-refractivity contribution in [1.29, 1.82) is 0 Å². The van der Waals surface area contributed by atoms with E-state index in [1.807, 2.05) is 6.92 Å². The smallest absolute Gasteiger partial charge is 0.274 e. The number of hydrogen-bond acceptors (Lipinski definition) is 3. The molecule has 0 radical (unpaired) electrons. The molecule has 0 N–H and O–H groups in total. The van der Waals surface area contributed by atoms with Gasteiger partial charge in [-0.2, -0.15) is 8.42 Å². The number of halogens is 1. The van der Waals surface area contributed by atoms with Gasteiger partial charge in [0.1, 0.15) is 0 Å². The number of amides is 1. The zero-order chi connectivity index (χ0) is 11.3. The molecular weight excluding hydrogens is 238 g/mol. The third-order valence-corrected chi connectivity index (χ3v) is 5.14. The van der Waals surface area contributed by atoms with Crippen LogP contribution < -0.4 is 0 Å². The maximum Gasteiger partial charge on any atom is 0.324 e. The Balaban J connectivity index is 2.33. The first-order chi connectivity index (χ1) is 6.88. The van der Waals surface area contributed by atoms with Crippen molar-refractivity contribution >= 4 is 25.8 Å². The molecule has 2 fully saturated rings. The fourth-order valence-corrected chi connectivity index (χ4v) is 4.58. The lowest BCUT2D eigenvalue weighted by Crippen LogP contribution is -2.68. The van der Waals surface area contributed by atoms with E-state index in [9.17, 15) is 13.2 Å². The molecule has 15 heavy (non-hydrogen) atoms. The highest BCUT2D eigenvalue weighted by Gasteiger charge is 2.59. The summed E-state index contributed by atoms with van der Waals surface area (Å²) in [7, 11) is 1.40. The Hall–Kier alpha value is -0.290. The molecule has 2 atom stereocenters. The van der Waals surface area contributed by atoms with Gasteiger partial charge in [-0.25, -0.2) is 4.31 Å². The van der Waals surface area contributed by atoms with Crippen LogP contribution >= 0.6 is 10.7 Å². The van der Waals surface area contributed by atoms with Crippen molar-refractivity contribution in [2.45, 2.75) is 44.6 Å².